The fraction of sp³-hybridized carbons (Fsp3) is 0.214. The van der Waals surface area contributed by atoms with Crippen LogP contribution in [0.2, 0.25) is 0 Å². The molecule has 0 aliphatic carbocycles. The number of esters is 1. The van der Waals surface area contributed by atoms with E-state index in [1.54, 1.807) is 23.5 Å². The van der Waals surface area contributed by atoms with Crippen molar-refractivity contribution in [2.24, 2.45) is 5.73 Å². The zero-order valence-corrected chi connectivity index (χ0v) is 12.1. The second-order valence-electron chi connectivity index (χ2n) is 3.94. The van der Waals surface area contributed by atoms with Gasteiger partial charge in [-0.3, -0.25) is 10.1 Å². The number of ether oxygens (including phenoxy) is 3. The highest BCUT2D eigenvalue weighted by atomic mass is 16.5. The number of benzene rings is 1. The predicted octanol–water partition coefficient (Wildman–Crippen LogP) is 0.455. The van der Waals surface area contributed by atoms with Gasteiger partial charge in [0.1, 0.15) is 0 Å². The molecule has 0 aliphatic rings. The van der Waals surface area contributed by atoms with Crippen molar-refractivity contribution >= 4 is 24.0 Å². The Balaban J connectivity index is 2.66. The molecule has 0 unspecified atom stereocenters. The number of hydrogen-bond acceptors (Lipinski definition) is 6. The van der Waals surface area contributed by atoms with Crippen LogP contribution in [0.3, 0.4) is 0 Å². The van der Waals surface area contributed by atoms with Crippen molar-refractivity contribution in [2.75, 3.05) is 20.8 Å². The molecule has 0 aliphatic heterocycles. The van der Waals surface area contributed by atoms with Gasteiger partial charge in [-0.25, -0.2) is 9.59 Å². The summed E-state index contributed by atoms with van der Waals surface area (Å²) in [6, 6.07) is 4.14. The zero-order chi connectivity index (χ0) is 16.5. The van der Waals surface area contributed by atoms with Gasteiger partial charge in [-0.15, -0.1) is 0 Å². The molecule has 1 rings (SSSR count). The number of amides is 3. The summed E-state index contributed by atoms with van der Waals surface area (Å²) in [5, 5.41) is 1.77. The summed E-state index contributed by atoms with van der Waals surface area (Å²) >= 11 is 0. The molecule has 1 aromatic rings. The van der Waals surface area contributed by atoms with Gasteiger partial charge in [0.2, 0.25) is 0 Å². The Kier molecular flexibility index (Phi) is 6.42. The quantitative estimate of drug-likeness (QED) is 0.582. The van der Waals surface area contributed by atoms with Crippen LogP contribution in [0.1, 0.15) is 5.56 Å². The lowest BCUT2D eigenvalue weighted by Gasteiger charge is -2.09. The van der Waals surface area contributed by atoms with Crippen molar-refractivity contribution in [3.8, 4) is 11.5 Å². The standard InChI is InChI=1S/C14H16N2O6/c1-20-10-5-3-4-9(13(10)21-2)6-7-12(18)22-8-11(17)16-14(15)19/h3-7H,8H2,1-2H3,(H3,15,16,17,19)/b7-6+. The van der Waals surface area contributed by atoms with Crippen LogP contribution < -0.4 is 20.5 Å². The molecule has 0 spiro atoms. The molecule has 1 aromatic carbocycles. The smallest absolute Gasteiger partial charge is 0.331 e. The van der Waals surface area contributed by atoms with E-state index in [2.05, 4.69) is 4.74 Å². The first-order chi connectivity index (χ1) is 10.5. The molecule has 22 heavy (non-hydrogen) atoms. The van der Waals surface area contributed by atoms with Gasteiger partial charge >= 0.3 is 12.0 Å². The molecule has 0 heterocycles. The normalized spacial score (nSPS) is 10.1. The molecule has 0 atom stereocenters. The number of methoxy groups -OCH3 is 2. The van der Waals surface area contributed by atoms with Gasteiger partial charge in [-0.2, -0.15) is 0 Å². The molecule has 0 radical (unpaired) electrons. The summed E-state index contributed by atoms with van der Waals surface area (Å²) in [7, 11) is 2.97. The van der Waals surface area contributed by atoms with Crippen LogP contribution in [0, 0.1) is 0 Å². The van der Waals surface area contributed by atoms with Crippen LogP contribution in [0.4, 0.5) is 4.79 Å². The summed E-state index contributed by atoms with van der Waals surface area (Å²) in [5.74, 6) is -0.600. The van der Waals surface area contributed by atoms with Gasteiger partial charge in [0.15, 0.2) is 18.1 Å². The number of imide groups is 1. The SMILES string of the molecule is COc1cccc(/C=C/C(=O)OCC(=O)NC(N)=O)c1OC. The summed E-state index contributed by atoms with van der Waals surface area (Å²) in [4.78, 5) is 33.0. The molecular formula is C14H16N2O6. The fourth-order valence-electron chi connectivity index (χ4n) is 1.56. The van der Waals surface area contributed by atoms with Crippen molar-refractivity contribution < 1.29 is 28.6 Å². The Bertz CT molecular complexity index is 597. The summed E-state index contributed by atoms with van der Waals surface area (Å²) in [6.45, 7) is -0.610. The number of nitrogens with one attached hydrogen (secondary N) is 1. The van der Waals surface area contributed by atoms with Gasteiger partial charge in [0.25, 0.3) is 5.91 Å². The van der Waals surface area contributed by atoms with Crippen LogP contribution in [0.15, 0.2) is 24.3 Å². The van der Waals surface area contributed by atoms with E-state index in [1.807, 2.05) is 0 Å². The van der Waals surface area contributed by atoms with Crippen LogP contribution in [0.25, 0.3) is 6.08 Å². The van der Waals surface area contributed by atoms with Crippen molar-refractivity contribution in [2.45, 2.75) is 0 Å². The van der Waals surface area contributed by atoms with Crippen molar-refractivity contribution in [1.29, 1.82) is 0 Å². The first kappa shape index (κ1) is 17.0. The first-order valence-electron chi connectivity index (χ1n) is 6.13. The molecule has 3 amide bonds. The van der Waals surface area contributed by atoms with Crippen LogP contribution >= 0.6 is 0 Å². The minimum Gasteiger partial charge on any atom is -0.493 e. The van der Waals surface area contributed by atoms with Gasteiger partial charge in [0.05, 0.1) is 14.2 Å². The fourth-order valence-corrected chi connectivity index (χ4v) is 1.56. The number of para-hydroxylation sites is 1. The third-order valence-electron chi connectivity index (χ3n) is 2.44. The number of primary amides is 1. The Labute approximate surface area is 126 Å². The van der Waals surface area contributed by atoms with E-state index < -0.39 is 24.5 Å². The minimum atomic E-state index is -1.02. The van der Waals surface area contributed by atoms with E-state index in [9.17, 15) is 14.4 Å². The predicted molar refractivity (Wildman–Crippen MR) is 77.3 cm³/mol. The molecular weight excluding hydrogens is 292 g/mol. The largest absolute Gasteiger partial charge is 0.493 e. The Morgan fingerprint density at radius 3 is 2.55 bits per heavy atom. The lowest BCUT2D eigenvalue weighted by atomic mass is 10.1. The highest BCUT2D eigenvalue weighted by Crippen LogP contribution is 2.31. The summed E-state index contributed by atoms with van der Waals surface area (Å²) < 4.78 is 15.0. The maximum atomic E-state index is 11.5. The van der Waals surface area contributed by atoms with Gasteiger partial charge in [-0.05, 0) is 12.1 Å². The highest BCUT2D eigenvalue weighted by molar-refractivity contribution is 5.96. The minimum absolute atomic E-state index is 0.459. The van der Waals surface area contributed by atoms with Crippen molar-refractivity contribution in [3.63, 3.8) is 0 Å². The van der Waals surface area contributed by atoms with Gasteiger partial charge in [0, 0.05) is 11.6 Å². The summed E-state index contributed by atoms with van der Waals surface area (Å²) in [6.07, 6.45) is 2.57. The van der Waals surface area contributed by atoms with Crippen molar-refractivity contribution in [1.82, 2.24) is 5.32 Å². The number of carbonyl (C=O) groups is 3. The number of urea groups is 1. The highest BCUT2D eigenvalue weighted by Gasteiger charge is 2.09. The third kappa shape index (κ3) is 5.16. The topological polar surface area (TPSA) is 117 Å². The molecule has 0 saturated heterocycles. The molecule has 0 fully saturated rings. The Morgan fingerprint density at radius 1 is 1.23 bits per heavy atom. The summed E-state index contributed by atoms with van der Waals surface area (Å²) in [5.41, 5.74) is 5.34. The zero-order valence-electron chi connectivity index (χ0n) is 12.1. The lowest BCUT2D eigenvalue weighted by Crippen LogP contribution is -2.37. The van der Waals surface area contributed by atoms with Crippen molar-refractivity contribution in [3.05, 3.63) is 29.8 Å². The van der Waals surface area contributed by atoms with Crippen LogP contribution in [0.5, 0.6) is 11.5 Å². The van der Waals surface area contributed by atoms with Gasteiger partial charge < -0.3 is 19.9 Å². The first-order valence-corrected chi connectivity index (χ1v) is 6.13. The third-order valence-corrected chi connectivity index (χ3v) is 2.44. The average molecular weight is 308 g/mol. The number of nitrogens with two attached hydrogens (primary N) is 1. The molecule has 8 heteroatoms. The molecule has 8 nitrogen and oxygen atoms in total. The number of rotatable bonds is 6. The second-order valence-corrected chi connectivity index (χ2v) is 3.94. The molecule has 0 saturated carbocycles. The monoisotopic (exact) mass is 308 g/mol. The van der Waals surface area contributed by atoms with Crippen LogP contribution in [-0.2, 0) is 14.3 Å². The van der Waals surface area contributed by atoms with Gasteiger partial charge in [-0.1, -0.05) is 12.1 Å². The van der Waals surface area contributed by atoms with E-state index in [-0.39, 0.29) is 0 Å². The van der Waals surface area contributed by atoms with E-state index in [0.29, 0.717) is 17.1 Å². The maximum Gasteiger partial charge on any atom is 0.331 e. The average Bonchev–Trinajstić information content (AvgIpc) is 2.49. The van der Waals surface area contributed by atoms with E-state index >= 15 is 0 Å². The number of carbonyl (C=O) groups excluding carboxylic acids is 3. The Morgan fingerprint density at radius 2 is 1.95 bits per heavy atom. The van der Waals surface area contributed by atoms with Crippen LogP contribution in [-0.4, -0.2) is 38.7 Å². The molecule has 0 aromatic heterocycles. The van der Waals surface area contributed by atoms with E-state index in [0.717, 1.165) is 6.08 Å². The second kappa shape index (κ2) is 8.30. The maximum absolute atomic E-state index is 11.5. The molecule has 118 valence electrons. The molecule has 0 bridgehead atoms. The van der Waals surface area contributed by atoms with E-state index in [1.165, 1.54) is 20.3 Å². The Hall–Kier alpha value is -3.03. The molecule has 3 N–H and O–H groups in total. The number of hydrogen-bond donors (Lipinski definition) is 2. The lowest BCUT2D eigenvalue weighted by molar-refractivity contribution is -0.143. The van der Waals surface area contributed by atoms with E-state index in [4.69, 9.17) is 15.2 Å².